The van der Waals surface area contributed by atoms with Crippen LogP contribution < -0.4 is 5.73 Å². The topological polar surface area (TPSA) is 89.5 Å². The SMILES string of the molecule is Cc1cc(C(=O)N2CCCC(C(C)N)C2)ccc1[N+](=O)[O-]. The Bertz CT molecular complexity index is 557. The molecule has 1 saturated heterocycles. The standard InChI is InChI=1S/C15H21N3O3/c1-10-8-12(5-6-14(10)18(20)21)15(19)17-7-3-4-13(9-17)11(2)16/h5-6,8,11,13H,3-4,7,9,16H2,1-2H3. The molecule has 2 unspecified atom stereocenters. The first kappa shape index (κ1) is 15.4. The van der Waals surface area contributed by atoms with Crippen molar-refractivity contribution >= 4 is 11.6 Å². The number of carbonyl (C=O) groups excluding carboxylic acids is 1. The Hall–Kier alpha value is -1.95. The molecule has 1 heterocycles. The van der Waals surface area contributed by atoms with Crippen LogP contribution in [0.2, 0.25) is 0 Å². The molecule has 1 aromatic rings. The average Bonchev–Trinajstić information content (AvgIpc) is 2.46. The minimum absolute atomic E-state index is 0.0404. The number of aryl methyl sites for hydroxylation is 1. The van der Waals surface area contributed by atoms with Gasteiger partial charge in [-0.25, -0.2) is 0 Å². The lowest BCUT2D eigenvalue weighted by Gasteiger charge is -2.34. The minimum atomic E-state index is -0.434. The van der Waals surface area contributed by atoms with Gasteiger partial charge < -0.3 is 10.6 Å². The van der Waals surface area contributed by atoms with Crippen molar-refractivity contribution in [2.24, 2.45) is 11.7 Å². The van der Waals surface area contributed by atoms with Crippen LogP contribution in [0, 0.1) is 23.0 Å². The number of nitro benzene ring substituents is 1. The predicted octanol–water partition coefficient (Wildman–Crippen LogP) is 2.10. The van der Waals surface area contributed by atoms with Gasteiger partial charge in [-0.05, 0) is 44.7 Å². The molecule has 1 aliphatic rings. The number of amides is 1. The van der Waals surface area contributed by atoms with Crippen molar-refractivity contribution in [3.63, 3.8) is 0 Å². The fraction of sp³-hybridized carbons (Fsp3) is 0.533. The zero-order chi connectivity index (χ0) is 15.6. The van der Waals surface area contributed by atoms with Crippen LogP contribution in [-0.2, 0) is 0 Å². The van der Waals surface area contributed by atoms with Crippen LogP contribution in [0.5, 0.6) is 0 Å². The molecule has 0 spiro atoms. The highest BCUT2D eigenvalue weighted by Gasteiger charge is 2.27. The van der Waals surface area contributed by atoms with Gasteiger partial charge in [-0.15, -0.1) is 0 Å². The van der Waals surface area contributed by atoms with E-state index in [1.165, 1.54) is 12.1 Å². The van der Waals surface area contributed by atoms with Gasteiger partial charge in [0.2, 0.25) is 0 Å². The molecule has 21 heavy (non-hydrogen) atoms. The molecular weight excluding hydrogens is 270 g/mol. The number of nitro groups is 1. The lowest BCUT2D eigenvalue weighted by Crippen LogP contribution is -2.45. The van der Waals surface area contributed by atoms with E-state index in [0.717, 1.165) is 19.4 Å². The summed E-state index contributed by atoms with van der Waals surface area (Å²) in [4.78, 5) is 24.7. The molecule has 114 valence electrons. The summed E-state index contributed by atoms with van der Waals surface area (Å²) < 4.78 is 0. The Kier molecular flexibility index (Phi) is 4.57. The molecule has 1 aromatic carbocycles. The quantitative estimate of drug-likeness (QED) is 0.682. The second-order valence-electron chi connectivity index (χ2n) is 5.77. The van der Waals surface area contributed by atoms with Crippen LogP contribution in [0.4, 0.5) is 5.69 Å². The van der Waals surface area contributed by atoms with E-state index >= 15 is 0 Å². The lowest BCUT2D eigenvalue weighted by atomic mass is 9.92. The number of likely N-dealkylation sites (tertiary alicyclic amines) is 1. The zero-order valence-corrected chi connectivity index (χ0v) is 12.4. The third kappa shape index (κ3) is 3.39. The fourth-order valence-electron chi connectivity index (χ4n) is 2.80. The maximum atomic E-state index is 12.5. The van der Waals surface area contributed by atoms with Crippen LogP contribution in [0.3, 0.4) is 0 Å². The Balaban J connectivity index is 2.16. The lowest BCUT2D eigenvalue weighted by molar-refractivity contribution is -0.385. The Morgan fingerprint density at radius 1 is 1.52 bits per heavy atom. The fourth-order valence-corrected chi connectivity index (χ4v) is 2.80. The summed E-state index contributed by atoms with van der Waals surface area (Å²) in [6.07, 6.45) is 1.99. The molecule has 6 nitrogen and oxygen atoms in total. The van der Waals surface area contributed by atoms with Gasteiger partial charge >= 0.3 is 0 Å². The predicted molar refractivity (Wildman–Crippen MR) is 80.1 cm³/mol. The first-order chi connectivity index (χ1) is 9.90. The van der Waals surface area contributed by atoms with Gasteiger partial charge in [0.1, 0.15) is 0 Å². The Morgan fingerprint density at radius 2 is 2.24 bits per heavy atom. The number of hydrogen-bond donors (Lipinski definition) is 1. The molecule has 1 amide bonds. The van der Waals surface area contributed by atoms with E-state index < -0.39 is 4.92 Å². The number of carbonyl (C=O) groups is 1. The molecule has 0 aliphatic carbocycles. The maximum absolute atomic E-state index is 12.5. The summed E-state index contributed by atoms with van der Waals surface area (Å²) in [5, 5.41) is 10.8. The normalized spacial score (nSPS) is 20.1. The van der Waals surface area contributed by atoms with Gasteiger partial charge in [0.25, 0.3) is 11.6 Å². The first-order valence-corrected chi connectivity index (χ1v) is 7.20. The van der Waals surface area contributed by atoms with Crippen molar-refractivity contribution in [3.05, 3.63) is 39.4 Å². The molecule has 1 fully saturated rings. The van der Waals surface area contributed by atoms with Crippen molar-refractivity contribution in [2.45, 2.75) is 32.7 Å². The highest BCUT2D eigenvalue weighted by atomic mass is 16.6. The molecule has 0 bridgehead atoms. The average molecular weight is 291 g/mol. The highest BCUT2D eigenvalue weighted by Crippen LogP contribution is 2.23. The molecule has 0 saturated carbocycles. The first-order valence-electron chi connectivity index (χ1n) is 7.20. The maximum Gasteiger partial charge on any atom is 0.272 e. The number of piperidine rings is 1. The molecule has 0 aromatic heterocycles. The number of benzene rings is 1. The third-order valence-electron chi connectivity index (χ3n) is 4.13. The van der Waals surface area contributed by atoms with E-state index in [4.69, 9.17) is 5.73 Å². The van der Waals surface area contributed by atoms with Gasteiger partial charge in [-0.2, -0.15) is 0 Å². The molecule has 2 rings (SSSR count). The summed E-state index contributed by atoms with van der Waals surface area (Å²) in [5.41, 5.74) is 6.98. The van der Waals surface area contributed by atoms with Crippen LogP contribution in [-0.4, -0.2) is 34.9 Å². The van der Waals surface area contributed by atoms with Gasteiger partial charge in [0.15, 0.2) is 0 Å². The van der Waals surface area contributed by atoms with Crippen molar-refractivity contribution in [3.8, 4) is 0 Å². The number of rotatable bonds is 3. The Morgan fingerprint density at radius 3 is 2.81 bits per heavy atom. The van der Waals surface area contributed by atoms with E-state index in [1.54, 1.807) is 17.9 Å². The molecule has 0 radical (unpaired) electrons. The van der Waals surface area contributed by atoms with E-state index in [2.05, 4.69) is 0 Å². The van der Waals surface area contributed by atoms with Crippen molar-refractivity contribution < 1.29 is 9.72 Å². The van der Waals surface area contributed by atoms with Gasteiger partial charge in [-0.3, -0.25) is 14.9 Å². The van der Waals surface area contributed by atoms with E-state index in [1.807, 2.05) is 6.92 Å². The second kappa shape index (κ2) is 6.22. The van der Waals surface area contributed by atoms with Gasteiger partial charge in [0, 0.05) is 36.3 Å². The molecular formula is C15H21N3O3. The summed E-state index contributed by atoms with van der Waals surface area (Å²) in [5.74, 6) is 0.250. The number of hydrogen-bond acceptors (Lipinski definition) is 4. The van der Waals surface area contributed by atoms with Crippen LogP contribution in [0.1, 0.15) is 35.7 Å². The smallest absolute Gasteiger partial charge is 0.272 e. The van der Waals surface area contributed by atoms with E-state index in [9.17, 15) is 14.9 Å². The van der Waals surface area contributed by atoms with Crippen molar-refractivity contribution in [1.29, 1.82) is 0 Å². The monoisotopic (exact) mass is 291 g/mol. The van der Waals surface area contributed by atoms with Crippen LogP contribution in [0.15, 0.2) is 18.2 Å². The second-order valence-corrected chi connectivity index (χ2v) is 5.77. The molecule has 6 heteroatoms. The van der Waals surface area contributed by atoms with E-state index in [-0.39, 0.29) is 17.6 Å². The van der Waals surface area contributed by atoms with Gasteiger partial charge in [0.05, 0.1) is 4.92 Å². The summed E-state index contributed by atoms with van der Waals surface area (Å²) in [6, 6.07) is 4.59. The third-order valence-corrected chi connectivity index (χ3v) is 4.13. The number of nitrogens with zero attached hydrogens (tertiary/aromatic N) is 2. The molecule has 1 aliphatic heterocycles. The molecule has 2 N–H and O–H groups in total. The van der Waals surface area contributed by atoms with Gasteiger partial charge in [-0.1, -0.05) is 0 Å². The number of nitrogens with two attached hydrogens (primary N) is 1. The summed E-state index contributed by atoms with van der Waals surface area (Å²) >= 11 is 0. The van der Waals surface area contributed by atoms with Crippen LogP contribution >= 0.6 is 0 Å². The zero-order valence-electron chi connectivity index (χ0n) is 12.4. The largest absolute Gasteiger partial charge is 0.338 e. The minimum Gasteiger partial charge on any atom is -0.338 e. The van der Waals surface area contributed by atoms with Crippen LogP contribution in [0.25, 0.3) is 0 Å². The van der Waals surface area contributed by atoms with Crippen molar-refractivity contribution in [1.82, 2.24) is 4.90 Å². The van der Waals surface area contributed by atoms with Crippen molar-refractivity contribution in [2.75, 3.05) is 13.1 Å². The summed E-state index contributed by atoms with van der Waals surface area (Å²) in [6.45, 7) is 5.00. The highest BCUT2D eigenvalue weighted by molar-refractivity contribution is 5.94. The molecule has 2 atom stereocenters. The summed E-state index contributed by atoms with van der Waals surface area (Å²) in [7, 11) is 0. The van der Waals surface area contributed by atoms with E-state index in [0.29, 0.717) is 23.6 Å². The Labute approximate surface area is 124 Å².